The fourth-order valence-corrected chi connectivity index (χ4v) is 3.37. The number of rotatable bonds is 2. The second-order valence-corrected chi connectivity index (χ2v) is 5.25. The number of nitrogens with zero attached hydrogens (tertiary/aromatic N) is 1. The number of carboxylic acid groups (broad SMARTS) is 1. The van der Waals surface area contributed by atoms with Crippen molar-refractivity contribution in [1.82, 2.24) is 4.90 Å². The van der Waals surface area contributed by atoms with Crippen LogP contribution in [0.5, 0.6) is 0 Å². The van der Waals surface area contributed by atoms with Crippen LogP contribution in [0.15, 0.2) is 0 Å². The molecule has 0 spiro atoms. The molecule has 1 N–H and O–H groups in total. The van der Waals surface area contributed by atoms with Crippen LogP contribution in [0.1, 0.15) is 39.0 Å². The molecule has 1 aliphatic carbocycles. The first kappa shape index (κ1) is 10.9. The van der Waals surface area contributed by atoms with Crippen LogP contribution in [0, 0.1) is 11.8 Å². The van der Waals surface area contributed by atoms with E-state index in [2.05, 4.69) is 11.8 Å². The van der Waals surface area contributed by atoms with Gasteiger partial charge in [0, 0.05) is 6.04 Å². The number of likely N-dealkylation sites (tertiary alicyclic amines) is 1. The van der Waals surface area contributed by atoms with Gasteiger partial charge in [-0.15, -0.1) is 0 Å². The highest BCUT2D eigenvalue weighted by atomic mass is 16.4. The van der Waals surface area contributed by atoms with E-state index in [1.54, 1.807) is 0 Å². The average molecular weight is 211 g/mol. The Hall–Kier alpha value is -0.570. The van der Waals surface area contributed by atoms with E-state index in [0.29, 0.717) is 6.04 Å². The van der Waals surface area contributed by atoms with Gasteiger partial charge in [0.05, 0.1) is 6.54 Å². The highest BCUT2D eigenvalue weighted by Crippen LogP contribution is 2.37. The Morgan fingerprint density at radius 1 is 1.40 bits per heavy atom. The molecule has 15 heavy (non-hydrogen) atoms. The number of hydrogen-bond acceptors (Lipinski definition) is 2. The molecule has 1 aliphatic heterocycles. The molecule has 0 radical (unpaired) electrons. The van der Waals surface area contributed by atoms with E-state index in [-0.39, 0.29) is 6.54 Å². The normalized spacial score (nSPS) is 37.3. The van der Waals surface area contributed by atoms with Crippen LogP contribution < -0.4 is 0 Å². The maximum absolute atomic E-state index is 10.8. The van der Waals surface area contributed by atoms with Gasteiger partial charge in [-0.25, -0.2) is 0 Å². The smallest absolute Gasteiger partial charge is 0.317 e. The van der Waals surface area contributed by atoms with Crippen LogP contribution >= 0.6 is 0 Å². The van der Waals surface area contributed by atoms with Crippen molar-refractivity contribution in [3.05, 3.63) is 0 Å². The quantitative estimate of drug-likeness (QED) is 0.759. The lowest BCUT2D eigenvalue weighted by atomic mass is 9.74. The van der Waals surface area contributed by atoms with Crippen molar-refractivity contribution in [2.24, 2.45) is 11.8 Å². The van der Waals surface area contributed by atoms with E-state index in [1.807, 2.05) is 0 Å². The summed E-state index contributed by atoms with van der Waals surface area (Å²) in [5.41, 5.74) is 0. The van der Waals surface area contributed by atoms with Gasteiger partial charge in [0.15, 0.2) is 0 Å². The lowest BCUT2D eigenvalue weighted by molar-refractivity contribution is -0.140. The molecule has 1 heterocycles. The minimum atomic E-state index is -0.672. The highest BCUT2D eigenvalue weighted by Gasteiger charge is 2.35. The van der Waals surface area contributed by atoms with Gasteiger partial charge in [0.2, 0.25) is 0 Å². The molecular formula is C12H21NO2. The van der Waals surface area contributed by atoms with Crippen molar-refractivity contribution in [2.45, 2.75) is 45.1 Å². The minimum absolute atomic E-state index is 0.246. The highest BCUT2D eigenvalue weighted by molar-refractivity contribution is 5.69. The zero-order valence-corrected chi connectivity index (χ0v) is 9.48. The van der Waals surface area contributed by atoms with E-state index in [0.717, 1.165) is 18.4 Å². The third-order valence-corrected chi connectivity index (χ3v) is 4.03. The van der Waals surface area contributed by atoms with Gasteiger partial charge in [0.1, 0.15) is 0 Å². The number of aliphatic carboxylic acids is 1. The monoisotopic (exact) mass is 211 g/mol. The maximum Gasteiger partial charge on any atom is 0.317 e. The van der Waals surface area contributed by atoms with Gasteiger partial charge >= 0.3 is 5.97 Å². The lowest BCUT2D eigenvalue weighted by Gasteiger charge is -2.45. The Morgan fingerprint density at radius 2 is 2.20 bits per heavy atom. The summed E-state index contributed by atoms with van der Waals surface area (Å²) in [6.45, 7) is 3.56. The topological polar surface area (TPSA) is 40.5 Å². The molecule has 0 unspecified atom stereocenters. The molecule has 2 fully saturated rings. The van der Waals surface area contributed by atoms with Crippen LogP contribution in [0.25, 0.3) is 0 Å². The Labute approximate surface area is 91.5 Å². The van der Waals surface area contributed by atoms with Crippen molar-refractivity contribution in [1.29, 1.82) is 0 Å². The minimum Gasteiger partial charge on any atom is -0.480 e. The molecule has 0 amide bonds. The Morgan fingerprint density at radius 3 is 2.93 bits per heavy atom. The van der Waals surface area contributed by atoms with Crippen molar-refractivity contribution in [3.63, 3.8) is 0 Å². The fourth-order valence-electron chi connectivity index (χ4n) is 3.37. The summed E-state index contributed by atoms with van der Waals surface area (Å²) in [6.07, 6.45) is 6.28. The number of piperidine rings is 1. The molecule has 1 saturated carbocycles. The Kier molecular flexibility index (Phi) is 3.29. The van der Waals surface area contributed by atoms with Crippen molar-refractivity contribution in [3.8, 4) is 0 Å². The summed E-state index contributed by atoms with van der Waals surface area (Å²) in [4.78, 5) is 13.0. The predicted octanol–water partition coefficient (Wildman–Crippen LogP) is 1.97. The summed E-state index contributed by atoms with van der Waals surface area (Å²) in [7, 11) is 0. The Bertz CT molecular complexity index is 242. The van der Waals surface area contributed by atoms with Crippen LogP contribution in [-0.4, -0.2) is 35.1 Å². The SMILES string of the molecule is C[C@@H]1CC[C@H]2[C@H](CCCN2CC(=O)O)C1. The first-order valence-corrected chi connectivity index (χ1v) is 6.12. The predicted molar refractivity (Wildman–Crippen MR) is 58.7 cm³/mol. The third kappa shape index (κ3) is 2.51. The maximum atomic E-state index is 10.8. The van der Waals surface area contributed by atoms with Crippen molar-refractivity contribution < 1.29 is 9.90 Å². The lowest BCUT2D eigenvalue weighted by Crippen LogP contribution is -2.49. The summed E-state index contributed by atoms with van der Waals surface area (Å²) >= 11 is 0. The second-order valence-electron chi connectivity index (χ2n) is 5.25. The van der Waals surface area contributed by atoms with E-state index < -0.39 is 5.97 Å². The number of hydrogen-bond donors (Lipinski definition) is 1. The van der Waals surface area contributed by atoms with Crippen molar-refractivity contribution in [2.75, 3.05) is 13.1 Å². The molecule has 3 heteroatoms. The van der Waals surface area contributed by atoms with Gasteiger partial charge < -0.3 is 5.11 Å². The standard InChI is InChI=1S/C12H21NO2/c1-9-4-5-11-10(7-9)3-2-6-13(11)8-12(14)15/h9-11H,2-8H2,1H3,(H,14,15)/t9-,10-,11+/m1/s1. The molecule has 2 rings (SSSR count). The summed E-state index contributed by atoms with van der Waals surface area (Å²) in [5, 5.41) is 8.87. The van der Waals surface area contributed by atoms with Crippen molar-refractivity contribution >= 4 is 5.97 Å². The molecule has 2 aliphatic rings. The van der Waals surface area contributed by atoms with Crippen LogP contribution in [0.2, 0.25) is 0 Å². The Balaban J connectivity index is 1.98. The third-order valence-electron chi connectivity index (χ3n) is 4.03. The molecular weight excluding hydrogens is 190 g/mol. The number of carbonyl (C=O) groups is 1. The summed E-state index contributed by atoms with van der Waals surface area (Å²) in [5.74, 6) is 0.937. The fraction of sp³-hybridized carbons (Fsp3) is 0.917. The van der Waals surface area contributed by atoms with Gasteiger partial charge in [0.25, 0.3) is 0 Å². The van der Waals surface area contributed by atoms with Gasteiger partial charge in [-0.2, -0.15) is 0 Å². The summed E-state index contributed by atoms with van der Waals surface area (Å²) < 4.78 is 0. The summed E-state index contributed by atoms with van der Waals surface area (Å²) in [6, 6.07) is 0.561. The van der Waals surface area contributed by atoms with Gasteiger partial charge in [-0.05, 0) is 50.5 Å². The molecule has 3 atom stereocenters. The molecule has 0 aromatic heterocycles. The second kappa shape index (κ2) is 4.52. The number of carboxylic acids is 1. The molecule has 0 aromatic rings. The van der Waals surface area contributed by atoms with Crippen LogP contribution in [0.3, 0.4) is 0 Å². The molecule has 86 valence electrons. The van der Waals surface area contributed by atoms with Gasteiger partial charge in [-0.1, -0.05) is 6.92 Å². The van der Waals surface area contributed by atoms with E-state index in [1.165, 1.54) is 32.1 Å². The average Bonchev–Trinajstić information content (AvgIpc) is 2.16. The van der Waals surface area contributed by atoms with Crippen LogP contribution in [0.4, 0.5) is 0 Å². The van der Waals surface area contributed by atoms with E-state index >= 15 is 0 Å². The van der Waals surface area contributed by atoms with E-state index in [9.17, 15) is 4.79 Å². The first-order valence-electron chi connectivity index (χ1n) is 6.12. The van der Waals surface area contributed by atoms with Gasteiger partial charge in [-0.3, -0.25) is 9.69 Å². The zero-order chi connectivity index (χ0) is 10.8. The molecule has 0 aromatic carbocycles. The largest absolute Gasteiger partial charge is 0.480 e. The molecule has 3 nitrogen and oxygen atoms in total. The van der Waals surface area contributed by atoms with Crippen LogP contribution in [-0.2, 0) is 4.79 Å². The van der Waals surface area contributed by atoms with E-state index in [4.69, 9.17) is 5.11 Å². The zero-order valence-electron chi connectivity index (χ0n) is 9.48. The first-order chi connectivity index (χ1) is 7.16. The number of fused-ring (bicyclic) bond motifs is 1. The molecule has 0 bridgehead atoms. The molecule has 1 saturated heterocycles.